The molecule has 83 heavy (non-hydrogen) atoms. The highest BCUT2D eigenvalue weighted by atomic mass is 16.6. The second-order valence-corrected chi connectivity index (χ2v) is 23.4. The van der Waals surface area contributed by atoms with Gasteiger partial charge in [0.15, 0.2) is 6.10 Å². The second-order valence-electron chi connectivity index (χ2n) is 23.4. The van der Waals surface area contributed by atoms with Crippen molar-refractivity contribution >= 4 is 17.9 Å². The molecule has 6 nitrogen and oxygen atoms in total. The summed E-state index contributed by atoms with van der Waals surface area (Å²) in [4.78, 5) is 38.5. The van der Waals surface area contributed by atoms with Crippen LogP contribution in [0.2, 0.25) is 0 Å². The summed E-state index contributed by atoms with van der Waals surface area (Å²) in [5, 5.41) is 0. The Morgan fingerprint density at radius 3 is 0.735 bits per heavy atom. The molecule has 0 bridgehead atoms. The number of carbonyl (C=O) groups excluding carboxylic acids is 3. The highest BCUT2D eigenvalue weighted by Gasteiger charge is 2.19. The van der Waals surface area contributed by atoms with Crippen LogP contribution < -0.4 is 0 Å². The fourth-order valence-corrected chi connectivity index (χ4v) is 10.1. The van der Waals surface area contributed by atoms with Crippen molar-refractivity contribution < 1.29 is 28.6 Å². The summed E-state index contributed by atoms with van der Waals surface area (Å²) in [5.41, 5.74) is 0. The molecule has 0 aliphatic carbocycles. The Morgan fingerprint density at radius 1 is 0.253 bits per heavy atom. The van der Waals surface area contributed by atoms with E-state index in [-0.39, 0.29) is 31.1 Å². The van der Waals surface area contributed by atoms with E-state index in [1.165, 1.54) is 154 Å². The van der Waals surface area contributed by atoms with Gasteiger partial charge in [-0.1, -0.05) is 329 Å². The van der Waals surface area contributed by atoms with Gasteiger partial charge >= 0.3 is 17.9 Å². The Morgan fingerprint density at radius 2 is 0.470 bits per heavy atom. The molecule has 0 radical (unpaired) electrons. The number of allylic oxidation sites excluding steroid dienone is 18. The number of carbonyl (C=O) groups is 3. The minimum atomic E-state index is -0.802. The van der Waals surface area contributed by atoms with Gasteiger partial charge < -0.3 is 14.2 Å². The average molecular weight is 1150 g/mol. The maximum atomic E-state index is 13.0. The van der Waals surface area contributed by atoms with Gasteiger partial charge in [-0.2, -0.15) is 0 Å². The molecule has 0 aliphatic rings. The van der Waals surface area contributed by atoms with E-state index in [4.69, 9.17) is 14.2 Å². The SMILES string of the molecule is CC/C=C\C/C=C\C/C=C\C/C=C\C/C=C\CCCCCCCC(=O)OC(COC(=O)CCCCCC/C=C\C/C=C\C/C=C\C/C=C\CC)COC(=O)CCCCCCCCCCCCCCCCCCCCCCCCCCCCC. The third-order valence-electron chi connectivity index (χ3n) is 15.3. The van der Waals surface area contributed by atoms with E-state index in [0.29, 0.717) is 19.3 Å². The van der Waals surface area contributed by atoms with Crippen molar-refractivity contribution in [3.8, 4) is 0 Å². The van der Waals surface area contributed by atoms with Gasteiger partial charge in [0, 0.05) is 19.3 Å². The third kappa shape index (κ3) is 68.7. The van der Waals surface area contributed by atoms with Crippen molar-refractivity contribution in [1.82, 2.24) is 0 Å². The van der Waals surface area contributed by atoms with E-state index in [2.05, 4.69) is 130 Å². The Bertz CT molecular complexity index is 1660. The number of hydrogen-bond donors (Lipinski definition) is 0. The third-order valence-corrected chi connectivity index (χ3v) is 15.3. The van der Waals surface area contributed by atoms with Crippen molar-refractivity contribution in [2.75, 3.05) is 13.2 Å². The normalized spacial score (nSPS) is 12.8. The summed E-state index contributed by atoms with van der Waals surface area (Å²) in [6.07, 6.45) is 96.9. The monoisotopic (exact) mass is 1150 g/mol. The van der Waals surface area contributed by atoms with Crippen LogP contribution in [0.3, 0.4) is 0 Å². The van der Waals surface area contributed by atoms with Gasteiger partial charge in [0.2, 0.25) is 0 Å². The first-order chi connectivity index (χ1) is 41.0. The van der Waals surface area contributed by atoms with Crippen molar-refractivity contribution in [3.05, 3.63) is 109 Å². The molecule has 0 rings (SSSR count). The topological polar surface area (TPSA) is 78.9 Å². The molecule has 1 unspecified atom stereocenters. The standard InChI is InChI=1S/C77H132O6/c1-4-7-10-13-16-19-22-25-28-31-33-35-36-37-38-39-40-42-43-46-49-52-55-58-61-64-67-70-76(79)82-73-74(72-81-75(78)69-66-63-60-57-54-51-48-45-30-27-24-21-18-15-12-9-6-3)83-77(80)71-68-65-62-59-56-53-50-47-44-41-34-32-29-26-23-20-17-14-11-8-5-2/h8-9,11-12,17-18,20-21,26-27,29-30,34,41,47-48,50-51,74H,4-7,10,13-16,19,22-25,28,31-33,35-40,42-46,49,52-73H2,1-3H3/b11-8-,12-9-,20-17-,21-18-,29-26-,30-27-,41-34-,50-47-,51-48-. The molecule has 0 saturated carbocycles. The van der Waals surface area contributed by atoms with Crippen LogP contribution in [0.25, 0.3) is 0 Å². The number of esters is 3. The van der Waals surface area contributed by atoms with E-state index in [0.717, 1.165) is 148 Å². The van der Waals surface area contributed by atoms with Crippen LogP contribution in [0.5, 0.6) is 0 Å². The van der Waals surface area contributed by atoms with Crippen LogP contribution in [-0.2, 0) is 28.6 Å². The summed E-state index contributed by atoms with van der Waals surface area (Å²) in [6.45, 7) is 6.42. The maximum Gasteiger partial charge on any atom is 0.306 e. The summed E-state index contributed by atoms with van der Waals surface area (Å²) < 4.78 is 17.0. The van der Waals surface area contributed by atoms with Crippen molar-refractivity contribution in [2.24, 2.45) is 0 Å². The lowest BCUT2D eigenvalue weighted by Crippen LogP contribution is -2.30. The molecular formula is C77H132O6. The van der Waals surface area contributed by atoms with Gasteiger partial charge in [0.05, 0.1) is 0 Å². The van der Waals surface area contributed by atoms with E-state index in [1.807, 2.05) is 0 Å². The smallest absolute Gasteiger partial charge is 0.306 e. The fourth-order valence-electron chi connectivity index (χ4n) is 10.1. The van der Waals surface area contributed by atoms with Crippen molar-refractivity contribution in [2.45, 2.75) is 348 Å². The van der Waals surface area contributed by atoms with Gasteiger partial charge in [-0.3, -0.25) is 14.4 Å². The van der Waals surface area contributed by atoms with Crippen molar-refractivity contribution in [3.63, 3.8) is 0 Å². The van der Waals surface area contributed by atoms with Gasteiger partial charge in [-0.25, -0.2) is 0 Å². The number of ether oxygens (including phenoxy) is 3. The van der Waals surface area contributed by atoms with Crippen LogP contribution in [0, 0.1) is 0 Å². The van der Waals surface area contributed by atoms with Crippen LogP contribution in [0.15, 0.2) is 109 Å². The van der Waals surface area contributed by atoms with E-state index < -0.39 is 6.10 Å². The van der Waals surface area contributed by atoms with Gasteiger partial charge in [0.1, 0.15) is 13.2 Å². The summed E-state index contributed by atoms with van der Waals surface area (Å²) in [7, 11) is 0. The highest BCUT2D eigenvalue weighted by molar-refractivity contribution is 5.71. The Hall–Kier alpha value is -3.93. The number of hydrogen-bond acceptors (Lipinski definition) is 6. The quantitative estimate of drug-likeness (QED) is 0.0261. The molecule has 476 valence electrons. The fraction of sp³-hybridized carbons (Fsp3) is 0.727. The van der Waals surface area contributed by atoms with Crippen LogP contribution in [0.1, 0.15) is 342 Å². The minimum absolute atomic E-state index is 0.0928. The first-order valence-electron chi connectivity index (χ1n) is 35.4. The molecule has 0 aromatic heterocycles. The van der Waals surface area contributed by atoms with Gasteiger partial charge in [0.25, 0.3) is 0 Å². The summed E-state index contributed by atoms with van der Waals surface area (Å²) in [6, 6.07) is 0. The molecule has 0 heterocycles. The predicted molar refractivity (Wildman–Crippen MR) is 362 cm³/mol. The maximum absolute atomic E-state index is 13.0. The molecule has 1 atom stereocenters. The lowest BCUT2D eigenvalue weighted by molar-refractivity contribution is -0.167. The lowest BCUT2D eigenvalue weighted by atomic mass is 10.0. The van der Waals surface area contributed by atoms with Gasteiger partial charge in [-0.15, -0.1) is 0 Å². The molecule has 0 N–H and O–H groups in total. The molecule has 0 aliphatic heterocycles. The predicted octanol–water partition coefficient (Wildman–Crippen LogP) is 24.6. The van der Waals surface area contributed by atoms with Crippen LogP contribution in [0.4, 0.5) is 0 Å². The first-order valence-corrected chi connectivity index (χ1v) is 35.4. The van der Waals surface area contributed by atoms with E-state index >= 15 is 0 Å². The zero-order valence-corrected chi connectivity index (χ0v) is 54.7. The molecule has 0 fully saturated rings. The van der Waals surface area contributed by atoms with Crippen LogP contribution >= 0.6 is 0 Å². The molecule has 0 saturated heterocycles. The minimum Gasteiger partial charge on any atom is -0.462 e. The van der Waals surface area contributed by atoms with Crippen LogP contribution in [-0.4, -0.2) is 37.2 Å². The molecular weight excluding hydrogens is 1020 g/mol. The summed E-state index contributed by atoms with van der Waals surface area (Å²) >= 11 is 0. The van der Waals surface area contributed by atoms with Gasteiger partial charge in [-0.05, 0) is 103 Å². The Labute approximate surface area is 514 Å². The second kappa shape index (κ2) is 70.6. The zero-order chi connectivity index (χ0) is 59.9. The van der Waals surface area contributed by atoms with Crippen molar-refractivity contribution in [1.29, 1.82) is 0 Å². The number of rotatable bonds is 64. The molecule has 0 spiro atoms. The Balaban J connectivity index is 4.36. The molecule has 0 aromatic carbocycles. The first kappa shape index (κ1) is 79.1. The lowest BCUT2D eigenvalue weighted by Gasteiger charge is -2.18. The van der Waals surface area contributed by atoms with E-state index in [9.17, 15) is 14.4 Å². The largest absolute Gasteiger partial charge is 0.462 e. The zero-order valence-electron chi connectivity index (χ0n) is 54.7. The molecule has 0 aromatic rings. The average Bonchev–Trinajstić information content (AvgIpc) is 3.50. The Kier molecular flexibility index (Phi) is 67.2. The van der Waals surface area contributed by atoms with E-state index in [1.54, 1.807) is 0 Å². The summed E-state index contributed by atoms with van der Waals surface area (Å²) in [5.74, 6) is -0.923. The number of unbranched alkanes of at least 4 members (excludes halogenated alkanes) is 35. The highest BCUT2D eigenvalue weighted by Crippen LogP contribution is 2.18. The molecule has 6 heteroatoms. The molecule has 0 amide bonds.